The van der Waals surface area contributed by atoms with Crippen LogP contribution in [0.5, 0.6) is 0 Å². The first-order chi connectivity index (χ1) is 10.9. The molecular weight excluding hydrogens is 272 g/mol. The van der Waals surface area contributed by atoms with Crippen molar-refractivity contribution in [1.29, 1.82) is 0 Å². The number of likely N-dealkylation sites (tertiary alicyclic amines) is 1. The molecule has 1 aliphatic heterocycles. The lowest BCUT2D eigenvalue weighted by Gasteiger charge is -2.41. The van der Waals surface area contributed by atoms with E-state index in [9.17, 15) is 0 Å². The fourth-order valence-electron chi connectivity index (χ4n) is 4.23. The number of nitrogens with zero attached hydrogens (tertiary/aromatic N) is 4. The average molecular weight is 296 g/mol. The van der Waals surface area contributed by atoms with Gasteiger partial charge in [-0.15, -0.1) is 0 Å². The number of fused-ring (bicyclic) bond motifs is 1. The van der Waals surface area contributed by atoms with Gasteiger partial charge in [0.15, 0.2) is 0 Å². The van der Waals surface area contributed by atoms with Crippen molar-refractivity contribution in [2.75, 3.05) is 13.1 Å². The third-order valence-corrected chi connectivity index (χ3v) is 5.24. The first kappa shape index (κ1) is 13.9. The van der Waals surface area contributed by atoms with E-state index in [1.54, 1.807) is 17.5 Å². The molecule has 1 aromatic carbocycles. The second-order valence-electron chi connectivity index (χ2n) is 6.73. The third-order valence-electron chi connectivity index (χ3n) is 5.24. The number of hydrogen-bond acceptors (Lipinski definition) is 3. The number of benzene rings is 1. The molecule has 0 N–H and O–H groups in total. The van der Waals surface area contributed by atoms with Gasteiger partial charge in [0.05, 0.1) is 0 Å². The van der Waals surface area contributed by atoms with Crippen LogP contribution < -0.4 is 0 Å². The van der Waals surface area contributed by atoms with E-state index in [0.29, 0.717) is 12.0 Å². The van der Waals surface area contributed by atoms with E-state index < -0.39 is 0 Å². The van der Waals surface area contributed by atoms with Crippen molar-refractivity contribution in [1.82, 2.24) is 19.7 Å². The van der Waals surface area contributed by atoms with Crippen LogP contribution in [0.25, 0.3) is 0 Å². The molecule has 4 rings (SSSR count). The van der Waals surface area contributed by atoms with Gasteiger partial charge in [-0.1, -0.05) is 24.3 Å². The molecule has 2 aliphatic rings. The Labute approximate surface area is 132 Å². The van der Waals surface area contributed by atoms with E-state index in [1.807, 2.05) is 11.0 Å². The zero-order valence-electron chi connectivity index (χ0n) is 13.1. The van der Waals surface area contributed by atoms with E-state index in [2.05, 4.69) is 39.2 Å². The molecule has 4 nitrogen and oxygen atoms in total. The van der Waals surface area contributed by atoms with Gasteiger partial charge in [-0.05, 0) is 55.7 Å². The summed E-state index contributed by atoms with van der Waals surface area (Å²) in [6, 6.07) is 9.68. The van der Waals surface area contributed by atoms with E-state index in [4.69, 9.17) is 0 Å². The quantitative estimate of drug-likeness (QED) is 0.873. The van der Waals surface area contributed by atoms with Crippen LogP contribution >= 0.6 is 0 Å². The molecule has 0 radical (unpaired) electrons. The molecule has 116 valence electrons. The molecule has 2 atom stereocenters. The molecule has 0 bridgehead atoms. The van der Waals surface area contributed by atoms with Gasteiger partial charge in [-0.2, -0.15) is 5.10 Å². The molecule has 0 saturated carbocycles. The van der Waals surface area contributed by atoms with Crippen LogP contribution in [0.4, 0.5) is 0 Å². The van der Waals surface area contributed by atoms with Crippen molar-refractivity contribution < 1.29 is 0 Å². The minimum Gasteiger partial charge on any atom is -0.296 e. The van der Waals surface area contributed by atoms with Crippen LogP contribution in [0, 0.1) is 5.92 Å². The number of piperidine rings is 1. The summed E-state index contributed by atoms with van der Waals surface area (Å²) in [5.41, 5.74) is 3.15. The molecule has 0 spiro atoms. The molecule has 0 unspecified atom stereocenters. The van der Waals surface area contributed by atoms with Gasteiger partial charge in [0.25, 0.3) is 0 Å². The Balaban J connectivity index is 1.48. The molecule has 1 saturated heterocycles. The largest absolute Gasteiger partial charge is 0.296 e. The van der Waals surface area contributed by atoms with Crippen molar-refractivity contribution >= 4 is 0 Å². The summed E-state index contributed by atoms with van der Waals surface area (Å²) in [6.45, 7) is 3.44. The molecular formula is C18H24N4. The Morgan fingerprint density at radius 1 is 1.14 bits per heavy atom. The third kappa shape index (κ3) is 2.80. The first-order valence-electron chi connectivity index (χ1n) is 8.54. The first-order valence-corrected chi connectivity index (χ1v) is 8.54. The lowest BCUT2D eigenvalue weighted by atomic mass is 9.85. The van der Waals surface area contributed by atoms with Crippen LogP contribution in [-0.4, -0.2) is 32.8 Å². The Morgan fingerprint density at radius 3 is 3.00 bits per heavy atom. The highest BCUT2D eigenvalue weighted by molar-refractivity contribution is 5.32. The van der Waals surface area contributed by atoms with Crippen LogP contribution in [-0.2, 0) is 13.0 Å². The van der Waals surface area contributed by atoms with Gasteiger partial charge in [-0.3, -0.25) is 9.58 Å². The lowest BCUT2D eigenvalue weighted by Crippen LogP contribution is -2.40. The van der Waals surface area contributed by atoms with Crippen LogP contribution in [0.15, 0.2) is 36.9 Å². The minimum absolute atomic E-state index is 0.628. The zero-order valence-corrected chi connectivity index (χ0v) is 13.1. The normalized spacial score (nSPS) is 25.8. The average Bonchev–Trinajstić information content (AvgIpc) is 3.07. The highest BCUT2D eigenvalue weighted by Crippen LogP contribution is 2.36. The van der Waals surface area contributed by atoms with Crippen LogP contribution in [0.2, 0.25) is 0 Å². The fourth-order valence-corrected chi connectivity index (χ4v) is 4.23. The molecule has 1 aliphatic carbocycles. The van der Waals surface area contributed by atoms with E-state index in [-0.39, 0.29) is 0 Å². The second-order valence-corrected chi connectivity index (χ2v) is 6.73. The predicted molar refractivity (Wildman–Crippen MR) is 86.4 cm³/mol. The van der Waals surface area contributed by atoms with Gasteiger partial charge in [0.1, 0.15) is 12.7 Å². The van der Waals surface area contributed by atoms with Crippen LogP contribution in [0.1, 0.15) is 42.9 Å². The number of aryl methyl sites for hydroxylation is 1. The summed E-state index contributed by atoms with van der Waals surface area (Å²) in [5, 5.41) is 4.27. The highest BCUT2D eigenvalue weighted by atomic mass is 15.3. The molecule has 1 aromatic heterocycles. The molecule has 1 fully saturated rings. The van der Waals surface area contributed by atoms with Crippen molar-refractivity contribution in [3.05, 3.63) is 48.0 Å². The maximum atomic E-state index is 4.27. The van der Waals surface area contributed by atoms with Crippen molar-refractivity contribution in [3.8, 4) is 0 Å². The summed E-state index contributed by atoms with van der Waals surface area (Å²) in [5.74, 6) is 0.699. The van der Waals surface area contributed by atoms with Gasteiger partial charge in [-0.25, -0.2) is 4.98 Å². The molecule has 2 heterocycles. The topological polar surface area (TPSA) is 34.0 Å². The van der Waals surface area contributed by atoms with Gasteiger partial charge in [0.2, 0.25) is 0 Å². The maximum Gasteiger partial charge on any atom is 0.137 e. The number of aromatic nitrogens is 3. The monoisotopic (exact) mass is 296 g/mol. The second kappa shape index (κ2) is 6.21. The molecule has 2 aromatic rings. The van der Waals surface area contributed by atoms with Gasteiger partial charge < -0.3 is 0 Å². The highest BCUT2D eigenvalue weighted by Gasteiger charge is 2.29. The zero-order chi connectivity index (χ0) is 14.8. The van der Waals surface area contributed by atoms with Crippen molar-refractivity contribution in [2.24, 2.45) is 5.92 Å². The number of hydrogen-bond donors (Lipinski definition) is 0. The Bertz CT molecular complexity index is 607. The van der Waals surface area contributed by atoms with Gasteiger partial charge in [0, 0.05) is 19.1 Å². The van der Waals surface area contributed by atoms with E-state index in [1.165, 1.54) is 45.2 Å². The van der Waals surface area contributed by atoms with Crippen LogP contribution in [0.3, 0.4) is 0 Å². The van der Waals surface area contributed by atoms with Gasteiger partial charge >= 0.3 is 0 Å². The number of rotatable bonds is 3. The van der Waals surface area contributed by atoms with E-state index in [0.717, 1.165) is 6.54 Å². The van der Waals surface area contributed by atoms with Crippen molar-refractivity contribution in [3.63, 3.8) is 0 Å². The smallest absolute Gasteiger partial charge is 0.137 e. The lowest BCUT2D eigenvalue weighted by molar-refractivity contribution is 0.103. The summed E-state index contributed by atoms with van der Waals surface area (Å²) in [6.07, 6.45) is 9.98. The SMILES string of the molecule is c1ccc2c(c1)CCC[C@H]2N1CCC[C@@H](Cn2cncn2)C1. The maximum absolute atomic E-state index is 4.27. The molecule has 4 heteroatoms. The Kier molecular flexibility index (Phi) is 3.94. The van der Waals surface area contributed by atoms with E-state index >= 15 is 0 Å². The summed E-state index contributed by atoms with van der Waals surface area (Å²) >= 11 is 0. The van der Waals surface area contributed by atoms with Crippen molar-refractivity contribution in [2.45, 2.75) is 44.7 Å². The molecule has 22 heavy (non-hydrogen) atoms. The molecule has 0 amide bonds. The summed E-state index contributed by atoms with van der Waals surface area (Å²) in [4.78, 5) is 6.79. The fraction of sp³-hybridized carbons (Fsp3) is 0.556. The summed E-state index contributed by atoms with van der Waals surface area (Å²) < 4.78 is 1.99. The minimum atomic E-state index is 0.628. The standard InChI is InChI=1S/C18H24N4/c1-2-8-17-16(6-1)7-3-9-18(17)21-10-4-5-15(11-21)12-22-14-19-13-20-22/h1-2,6,8,13-15,18H,3-5,7,9-12H2/t15-,18-/m1/s1. The Hall–Kier alpha value is -1.68. The predicted octanol–water partition coefficient (Wildman–Crippen LogP) is 3.07. The summed E-state index contributed by atoms with van der Waals surface area (Å²) in [7, 11) is 0. The Morgan fingerprint density at radius 2 is 2.09 bits per heavy atom.